The van der Waals surface area contributed by atoms with Gasteiger partial charge in [0.15, 0.2) is 11.5 Å². The molecule has 8 nitrogen and oxygen atoms in total. The van der Waals surface area contributed by atoms with Gasteiger partial charge in [0.05, 0.1) is 19.9 Å². The van der Waals surface area contributed by atoms with E-state index in [1.54, 1.807) is 30.3 Å². The Hall–Kier alpha value is -3.60. The number of furan rings is 1. The van der Waals surface area contributed by atoms with Crippen molar-refractivity contribution in [1.29, 1.82) is 0 Å². The van der Waals surface area contributed by atoms with Crippen LogP contribution in [-0.2, 0) is 22.7 Å². The molecule has 2 aromatic carbocycles. The number of halogens is 1. The number of nitrogens with zero attached hydrogens (tertiary/aromatic N) is 1. The summed E-state index contributed by atoms with van der Waals surface area (Å²) in [5.74, 6) is -0.0883. The van der Waals surface area contributed by atoms with Crippen LogP contribution in [0.2, 0.25) is 0 Å². The van der Waals surface area contributed by atoms with E-state index in [1.807, 2.05) is 24.3 Å². The SMILES string of the molecule is COc1cc(/C=C2\C(=O)NC(=O)N(Cc3ccco3)C2=O)ccc1OCc1ccc(I)cc1. The molecule has 9 heteroatoms. The van der Waals surface area contributed by atoms with Crippen LogP contribution in [0.5, 0.6) is 11.5 Å². The van der Waals surface area contributed by atoms with Crippen LogP contribution in [0, 0.1) is 3.57 Å². The standard InChI is InChI=1S/C24H19IN2O6/c1-31-21-12-16(6-9-20(21)33-14-15-4-7-17(25)8-5-15)11-19-22(28)26-24(30)27(23(19)29)13-18-3-2-10-32-18/h2-12H,13-14H2,1H3,(H,26,28,30)/b19-11+. The van der Waals surface area contributed by atoms with Crippen molar-refractivity contribution >= 4 is 46.5 Å². The van der Waals surface area contributed by atoms with Gasteiger partial charge in [0.25, 0.3) is 11.8 Å². The van der Waals surface area contributed by atoms with Crippen molar-refractivity contribution in [1.82, 2.24) is 10.2 Å². The highest BCUT2D eigenvalue weighted by molar-refractivity contribution is 14.1. The minimum atomic E-state index is -0.796. The quantitative estimate of drug-likeness (QED) is 0.266. The minimum absolute atomic E-state index is 0.0864. The lowest BCUT2D eigenvalue weighted by molar-refractivity contribution is -0.130. The molecule has 4 amide bonds. The van der Waals surface area contributed by atoms with E-state index < -0.39 is 17.8 Å². The zero-order valence-electron chi connectivity index (χ0n) is 17.5. The second kappa shape index (κ2) is 9.90. The zero-order chi connectivity index (χ0) is 23.4. The van der Waals surface area contributed by atoms with E-state index >= 15 is 0 Å². The normalized spacial score (nSPS) is 15.0. The summed E-state index contributed by atoms with van der Waals surface area (Å²) in [5.41, 5.74) is 1.38. The second-order valence-electron chi connectivity index (χ2n) is 7.11. The third kappa shape index (κ3) is 5.25. The van der Waals surface area contributed by atoms with Crippen molar-refractivity contribution in [2.75, 3.05) is 7.11 Å². The van der Waals surface area contributed by atoms with Gasteiger partial charge in [-0.05, 0) is 76.2 Å². The summed E-state index contributed by atoms with van der Waals surface area (Å²) >= 11 is 2.24. The van der Waals surface area contributed by atoms with Crippen molar-refractivity contribution < 1.29 is 28.3 Å². The molecule has 0 aliphatic carbocycles. The van der Waals surface area contributed by atoms with E-state index in [2.05, 4.69) is 27.9 Å². The number of carbonyl (C=O) groups excluding carboxylic acids is 3. The molecular formula is C24H19IN2O6. The molecule has 0 radical (unpaired) electrons. The molecule has 0 unspecified atom stereocenters. The Morgan fingerprint density at radius 2 is 1.85 bits per heavy atom. The highest BCUT2D eigenvalue weighted by atomic mass is 127. The predicted octanol–water partition coefficient (Wildman–Crippen LogP) is 4.13. The van der Waals surface area contributed by atoms with Crippen molar-refractivity contribution in [3.63, 3.8) is 0 Å². The number of rotatable bonds is 7. The number of benzene rings is 2. The summed E-state index contributed by atoms with van der Waals surface area (Å²) in [6.45, 7) is 0.273. The Balaban J connectivity index is 1.54. The van der Waals surface area contributed by atoms with Crippen LogP contribution in [0.25, 0.3) is 6.08 Å². The van der Waals surface area contributed by atoms with Gasteiger partial charge in [-0.15, -0.1) is 0 Å². The summed E-state index contributed by atoms with van der Waals surface area (Å²) in [6, 6.07) is 15.5. The monoisotopic (exact) mass is 558 g/mol. The molecular weight excluding hydrogens is 539 g/mol. The number of nitrogens with one attached hydrogen (secondary N) is 1. The zero-order valence-corrected chi connectivity index (χ0v) is 19.7. The van der Waals surface area contributed by atoms with E-state index in [9.17, 15) is 14.4 Å². The van der Waals surface area contributed by atoms with Gasteiger partial charge in [-0.2, -0.15) is 0 Å². The van der Waals surface area contributed by atoms with E-state index in [0.717, 1.165) is 14.0 Å². The number of hydrogen-bond donors (Lipinski definition) is 1. The Labute approximate surface area is 203 Å². The van der Waals surface area contributed by atoms with E-state index in [1.165, 1.54) is 19.4 Å². The third-order valence-electron chi connectivity index (χ3n) is 4.89. The van der Waals surface area contributed by atoms with Crippen molar-refractivity contribution in [2.45, 2.75) is 13.2 Å². The van der Waals surface area contributed by atoms with Gasteiger partial charge in [0.1, 0.15) is 17.9 Å². The summed E-state index contributed by atoms with van der Waals surface area (Å²) in [7, 11) is 1.51. The fraction of sp³-hybridized carbons (Fsp3) is 0.125. The summed E-state index contributed by atoms with van der Waals surface area (Å²) in [4.78, 5) is 38.3. The first-order valence-electron chi connectivity index (χ1n) is 9.91. The molecule has 4 rings (SSSR count). The average Bonchev–Trinajstić information content (AvgIpc) is 3.33. The Morgan fingerprint density at radius 1 is 1.06 bits per heavy atom. The van der Waals surface area contributed by atoms with Gasteiger partial charge in [-0.3, -0.25) is 19.8 Å². The molecule has 1 fully saturated rings. The molecule has 1 aliphatic rings. The number of carbonyl (C=O) groups is 3. The fourth-order valence-corrected chi connectivity index (χ4v) is 3.56. The highest BCUT2D eigenvalue weighted by Gasteiger charge is 2.36. The molecule has 2 heterocycles. The molecule has 0 atom stereocenters. The molecule has 0 spiro atoms. The molecule has 3 aromatic rings. The number of imide groups is 2. The van der Waals surface area contributed by atoms with Gasteiger partial charge in [-0.25, -0.2) is 4.79 Å². The Bertz CT molecular complexity index is 1220. The molecule has 1 saturated heterocycles. The number of amides is 4. The Morgan fingerprint density at radius 3 is 2.55 bits per heavy atom. The molecule has 33 heavy (non-hydrogen) atoms. The predicted molar refractivity (Wildman–Crippen MR) is 127 cm³/mol. The van der Waals surface area contributed by atoms with Gasteiger partial charge >= 0.3 is 6.03 Å². The molecule has 1 aliphatic heterocycles. The minimum Gasteiger partial charge on any atom is -0.493 e. The van der Waals surface area contributed by atoms with Crippen molar-refractivity contribution in [2.24, 2.45) is 0 Å². The van der Waals surface area contributed by atoms with Crippen molar-refractivity contribution in [3.05, 3.63) is 86.9 Å². The van der Waals surface area contributed by atoms with Gasteiger partial charge < -0.3 is 13.9 Å². The summed E-state index contributed by atoms with van der Waals surface area (Å²) in [5, 5.41) is 2.19. The number of methoxy groups -OCH3 is 1. The lowest BCUT2D eigenvalue weighted by atomic mass is 10.1. The van der Waals surface area contributed by atoms with Crippen LogP contribution in [0.15, 0.2) is 70.9 Å². The Kier molecular flexibility index (Phi) is 6.78. The number of barbiturate groups is 1. The van der Waals surface area contributed by atoms with Crippen LogP contribution in [0.4, 0.5) is 4.79 Å². The lowest BCUT2D eigenvalue weighted by Crippen LogP contribution is -2.53. The van der Waals surface area contributed by atoms with E-state index in [0.29, 0.717) is 29.4 Å². The maximum Gasteiger partial charge on any atom is 0.331 e. The van der Waals surface area contributed by atoms with E-state index in [4.69, 9.17) is 13.9 Å². The van der Waals surface area contributed by atoms with Crippen LogP contribution in [0.3, 0.4) is 0 Å². The largest absolute Gasteiger partial charge is 0.493 e. The first kappa shape index (κ1) is 22.6. The van der Waals surface area contributed by atoms with Crippen LogP contribution >= 0.6 is 22.6 Å². The number of urea groups is 1. The molecule has 0 bridgehead atoms. The number of ether oxygens (including phenoxy) is 2. The molecule has 0 saturated carbocycles. The maximum atomic E-state index is 12.9. The molecule has 168 valence electrons. The van der Waals surface area contributed by atoms with Crippen molar-refractivity contribution in [3.8, 4) is 11.5 Å². The first-order valence-corrected chi connectivity index (χ1v) is 11.0. The van der Waals surface area contributed by atoms with Gasteiger partial charge in [-0.1, -0.05) is 18.2 Å². The fourth-order valence-electron chi connectivity index (χ4n) is 3.20. The summed E-state index contributed by atoms with van der Waals surface area (Å²) < 4.78 is 17.6. The van der Waals surface area contributed by atoms with E-state index in [-0.39, 0.29) is 12.1 Å². The second-order valence-corrected chi connectivity index (χ2v) is 8.36. The smallest absolute Gasteiger partial charge is 0.331 e. The maximum absolute atomic E-state index is 12.9. The molecule has 1 N–H and O–H groups in total. The van der Waals surface area contributed by atoms with Crippen LogP contribution < -0.4 is 14.8 Å². The summed E-state index contributed by atoms with van der Waals surface area (Å²) in [6.07, 6.45) is 2.85. The van der Waals surface area contributed by atoms with Gasteiger partial charge in [0, 0.05) is 3.57 Å². The highest BCUT2D eigenvalue weighted by Crippen LogP contribution is 2.30. The topological polar surface area (TPSA) is 98.1 Å². The van der Waals surface area contributed by atoms with Crippen LogP contribution in [-0.4, -0.2) is 29.9 Å². The molecule has 1 aromatic heterocycles. The van der Waals surface area contributed by atoms with Gasteiger partial charge in [0.2, 0.25) is 0 Å². The number of hydrogen-bond acceptors (Lipinski definition) is 6. The first-order chi connectivity index (χ1) is 15.9. The average molecular weight is 558 g/mol. The third-order valence-corrected chi connectivity index (χ3v) is 5.61. The lowest BCUT2D eigenvalue weighted by Gasteiger charge is -2.25. The van der Waals surface area contributed by atoms with Crippen LogP contribution in [0.1, 0.15) is 16.9 Å².